The number of halogens is 1. The molecule has 1 fully saturated rings. The van der Waals surface area contributed by atoms with Gasteiger partial charge in [0.1, 0.15) is 24.2 Å². The van der Waals surface area contributed by atoms with Crippen LogP contribution in [0.4, 0.5) is 0 Å². The number of rotatable bonds is 8. The Balaban J connectivity index is 1.48. The van der Waals surface area contributed by atoms with Gasteiger partial charge in [0.2, 0.25) is 0 Å². The maximum atomic E-state index is 11.7. The fourth-order valence-corrected chi connectivity index (χ4v) is 3.55. The van der Waals surface area contributed by atoms with Gasteiger partial charge in [-0.1, -0.05) is 23.7 Å². The molecule has 0 aromatic heterocycles. The highest BCUT2D eigenvalue weighted by Crippen LogP contribution is 2.23. The zero-order valence-electron chi connectivity index (χ0n) is 15.9. The van der Waals surface area contributed by atoms with Gasteiger partial charge in [0.25, 0.3) is 0 Å². The van der Waals surface area contributed by atoms with Crippen molar-refractivity contribution in [3.63, 3.8) is 0 Å². The molecular weight excluding hydrogens is 378 g/mol. The van der Waals surface area contributed by atoms with Crippen LogP contribution >= 0.6 is 11.6 Å². The molecule has 0 amide bonds. The van der Waals surface area contributed by atoms with E-state index in [2.05, 4.69) is 5.32 Å². The number of Topliss-reactive ketones (excluding diaryl/α,β-unsaturated/α-hetero) is 1. The summed E-state index contributed by atoms with van der Waals surface area (Å²) in [5.74, 6) is 1.26. The lowest BCUT2D eigenvalue weighted by atomic mass is 9.97. The lowest BCUT2D eigenvalue weighted by Crippen LogP contribution is -2.44. The highest BCUT2D eigenvalue weighted by molar-refractivity contribution is 6.30. The molecular formula is C22H26ClNO4. The SMILES string of the molecule is CC(=O)c1ccccc1OCC(O)CC1CC(Oc2ccc(Cl)cc2)CCN1. The number of aliphatic hydroxyl groups excluding tert-OH is 1. The van der Waals surface area contributed by atoms with Crippen LogP contribution in [0.5, 0.6) is 11.5 Å². The second kappa shape index (κ2) is 9.92. The molecule has 1 heterocycles. The molecule has 3 rings (SSSR count). The highest BCUT2D eigenvalue weighted by Gasteiger charge is 2.25. The Morgan fingerprint density at radius 3 is 2.75 bits per heavy atom. The lowest BCUT2D eigenvalue weighted by molar-refractivity contribution is 0.0701. The van der Waals surface area contributed by atoms with Crippen molar-refractivity contribution in [2.75, 3.05) is 13.2 Å². The van der Waals surface area contributed by atoms with E-state index in [4.69, 9.17) is 21.1 Å². The summed E-state index contributed by atoms with van der Waals surface area (Å²) in [6.45, 7) is 2.49. The average Bonchev–Trinajstić information content (AvgIpc) is 2.68. The van der Waals surface area contributed by atoms with Crippen molar-refractivity contribution >= 4 is 17.4 Å². The van der Waals surface area contributed by atoms with Crippen molar-refractivity contribution in [1.82, 2.24) is 5.32 Å². The van der Waals surface area contributed by atoms with Gasteiger partial charge in [-0.25, -0.2) is 0 Å². The van der Waals surface area contributed by atoms with Gasteiger partial charge >= 0.3 is 0 Å². The number of benzene rings is 2. The molecule has 2 aromatic rings. The number of hydrogen-bond donors (Lipinski definition) is 2. The number of para-hydroxylation sites is 1. The van der Waals surface area contributed by atoms with E-state index in [1.165, 1.54) is 6.92 Å². The van der Waals surface area contributed by atoms with Gasteiger partial charge in [0.05, 0.1) is 11.7 Å². The van der Waals surface area contributed by atoms with Crippen LogP contribution in [0.25, 0.3) is 0 Å². The van der Waals surface area contributed by atoms with Crippen molar-refractivity contribution < 1.29 is 19.4 Å². The number of piperidine rings is 1. The molecule has 1 aliphatic heterocycles. The van der Waals surface area contributed by atoms with E-state index in [9.17, 15) is 9.90 Å². The van der Waals surface area contributed by atoms with Crippen molar-refractivity contribution in [2.24, 2.45) is 0 Å². The number of ketones is 1. The third-order valence-corrected chi connectivity index (χ3v) is 5.07. The summed E-state index contributed by atoms with van der Waals surface area (Å²) >= 11 is 5.91. The van der Waals surface area contributed by atoms with Crippen LogP contribution in [-0.4, -0.2) is 42.3 Å². The summed E-state index contributed by atoms with van der Waals surface area (Å²) in [6.07, 6.45) is 1.75. The van der Waals surface area contributed by atoms with Crippen LogP contribution in [0.3, 0.4) is 0 Å². The van der Waals surface area contributed by atoms with E-state index in [1.54, 1.807) is 18.2 Å². The summed E-state index contributed by atoms with van der Waals surface area (Å²) in [5.41, 5.74) is 0.530. The first-order valence-electron chi connectivity index (χ1n) is 9.57. The van der Waals surface area contributed by atoms with Crippen LogP contribution in [-0.2, 0) is 0 Å². The molecule has 3 atom stereocenters. The molecule has 3 unspecified atom stereocenters. The number of hydrogen-bond acceptors (Lipinski definition) is 5. The maximum Gasteiger partial charge on any atom is 0.163 e. The zero-order valence-corrected chi connectivity index (χ0v) is 16.7. The molecule has 6 heteroatoms. The summed E-state index contributed by atoms with van der Waals surface area (Å²) in [7, 11) is 0. The molecule has 0 spiro atoms. The number of aliphatic hydroxyl groups is 1. The minimum Gasteiger partial charge on any atom is -0.490 e. The Bertz CT molecular complexity index is 780. The van der Waals surface area contributed by atoms with Crippen molar-refractivity contribution in [2.45, 2.75) is 44.4 Å². The highest BCUT2D eigenvalue weighted by atomic mass is 35.5. The zero-order chi connectivity index (χ0) is 19.9. The van der Waals surface area contributed by atoms with E-state index in [0.717, 1.165) is 25.1 Å². The number of carbonyl (C=O) groups is 1. The summed E-state index contributed by atoms with van der Waals surface area (Å²) < 4.78 is 11.7. The van der Waals surface area contributed by atoms with E-state index in [0.29, 0.717) is 22.8 Å². The molecule has 1 saturated heterocycles. The number of carbonyl (C=O) groups excluding carboxylic acids is 1. The molecule has 2 N–H and O–H groups in total. The predicted molar refractivity (Wildman–Crippen MR) is 109 cm³/mol. The topological polar surface area (TPSA) is 67.8 Å². The van der Waals surface area contributed by atoms with E-state index < -0.39 is 6.10 Å². The third kappa shape index (κ3) is 5.96. The van der Waals surface area contributed by atoms with E-state index in [-0.39, 0.29) is 24.5 Å². The fourth-order valence-electron chi connectivity index (χ4n) is 3.42. The average molecular weight is 404 g/mol. The minimum absolute atomic E-state index is 0.0544. The van der Waals surface area contributed by atoms with Crippen LogP contribution in [0.1, 0.15) is 36.5 Å². The monoisotopic (exact) mass is 403 g/mol. The first-order chi connectivity index (χ1) is 13.5. The van der Waals surface area contributed by atoms with Crippen LogP contribution < -0.4 is 14.8 Å². The van der Waals surface area contributed by atoms with E-state index >= 15 is 0 Å². The molecule has 0 bridgehead atoms. The Morgan fingerprint density at radius 1 is 1.25 bits per heavy atom. The first-order valence-corrected chi connectivity index (χ1v) is 9.95. The van der Waals surface area contributed by atoms with Gasteiger partial charge < -0.3 is 19.9 Å². The van der Waals surface area contributed by atoms with Gasteiger partial charge in [-0.3, -0.25) is 4.79 Å². The van der Waals surface area contributed by atoms with Crippen LogP contribution in [0.2, 0.25) is 5.02 Å². The fraction of sp³-hybridized carbons (Fsp3) is 0.409. The van der Waals surface area contributed by atoms with Gasteiger partial charge in [-0.2, -0.15) is 0 Å². The Kier molecular flexibility index (Phi) is 7.31. The van der Waals surface area contributed by atoms with Crippen LogP contribution in [0, 0.1) is 0 Å². The second-order valence-corrected chi connectivity index (χ2v) is 7.56. The predicted octanol–water partition coefficient (Wildman–Crippen LogP) is 3.87. The minimum atomic E-state index is -0.633. The molecule has 0 radical (unpaired) electrons. The second-order valence-electron chi connectivity index (χ2n) is 7.12. The standard InChI is InChI=1S/C22H26ClNO4/c1-15(25)21-4-2-3-5-22(21)27-14-18(26)12-17-13-20(10-11-24-17)28-19-8-6-16(23)7-9-19/h2-9,17-18,20,24,26H,10-14H2,1H3. The summed E-state index contributed by atoms with van der Waals surface area (Å²) in [4.78, 5) is 11.7. The van der Waals surface area contributed by atoms with Gasteiger partial charge in [-0.15, -0.1) is 0 Å². The van der Waals surface area contributed by atoms with Crippen molar-refractivity contribution in [1.29, 1.82) is 0 Å². The van der Waals surface area contributed by atoms with Crippen molar-refractivity contribution in [3.8, 4) is 11.5 Å². The number of nitrogens with one attached hydrogen (secondary N) is 1. The van der Waals surface area contributed by atoms with Crippen LogP contribution in [0.15, 0.2) is 48.5 Å². The quantitative estimate of drug-likeness (QED) is 0.655. The molecule has 150 valence electrons. The van der Waals surface area contributed by atoms with Gasteiger partial charge in [-0.05, 0) is 69.1 Å². The molecule has 2 aromatic carbocycles. The third-order valence-electron chi connectivity index (χ3n) is 4.82. The summed E-state index contributed by atoms with van der Waals surface area (Å²) in [5, 5.41) is 14.5. The first kappa shape index (κ1) is 20.6. The molecule has 28 heavy (non-hydrogen) atoms. The Morgan fingerprint density at radius 2 is 2.00 bits per heavy atom. The van der Waals surface area contributed by atoms with Gasteiger partial charge in [0, 0.05) is 11.1 Å². The Hall–Kier alpha value is -2.08. The lowest BCUT2D eigenvalue weighted by Gasteiger charge is -2.32. The largest absolute Gasteiger partial charge is 0.490 e. The molecule has 1 aliphatic rings. The van der Waals surface area contributed by atoms with Gasteiger partial charge in [0.15, 0.2) is 5.78 Å². The van der Waals surface area contributed by atoms with E-state index in [1.807, 2.05) is 30.3 Å². The Labute approximate surface area is 170 Å². The maximum absolute atomic E-state index is 11.7. The molecule has 0 saturated carbocycles. The molecule has 5 nitrogen and oxygen atoms in total. The smallest absolute Gasteiger partial charge is 0.163 e. The summed E-state index contributed by atoms with van der Waals surface area (Å²) in [6, 6.07) is 14.6. The van der Waals surface area contributed by atoms with Crippen molar-refractivity contribution in [3.05, 3.63) is 59.1 Å². The molecule has 0 aliphatic carbocycles. The normalized spacial score (nSPS) is 20.4. The number of ether oxygens (including phenoxy) is 2.